The molecule has 0 aliphatic carbocycles. The van der Waals surface area contributed by atoms with Gasteiger partial charge in [0, 0.05) is 37.4 Å². The van der Waals surface area contributed by atoms with Crippen LogP contribution in [0.1, 0.15) is 45.1 Å². The van der Waals surface area contributed by atoms with Crippen molar-refractivity contribution in [1.29, 1.82) is 0 Å². The first-order chi connectivity index (χ1) is 18.6. The van der Waals surface area contributed by atoms with Crippen molar-refractivity contribution >= 4 is 11.7 Å². The van der Waals surface area contributed by atoms with Gasteiger partial charge in [0.25, 0.3) is 0 Å². The molecule has 0 bridgehead atoms. The summed E-state index contributed by atoms with van der Waals surface area (Å²) in [4.78, 5) is 18.3. The predicted octanol–water partition coefficient (Wildman–Crippen LogP) is 6.57. The molecule has 38 heavy (non-hydrogen) atoms. The number of rotatable bonds is 12. The Bertz CT molecular complexity index is 1160. The molecule has 0 N–H and O–H groups in total. The molecule has 5 heteroatoms. The van der Waals surface area contributed by atoms with Crippen LogP contribution in [0.4, 0.5) is 5.69 Å². The molecule has 5 nitrogen and oxygen atoms in total. The largest absolute Gasteiger partial charge is 0.496 e. The van der Waals surface area contributed by atoms with Crippen molar-refractivity contribution in [3.63, 3.8) is 0 Å². The van der Waals surface area contributed by atoms with Gasteiger partial charge >= 0.3 is 5.97 Å². The molecule has 0 amide bonds. The fourth-order valence-electron chi connectivity index (χ4n) is 5.57. The van der Waals surface area contributed by atoms with Gasteiger partial charge in [-0.25, -0.2) is 0 Å². The summed E-state index contributed by atoms with van der Waals surface area (Å²) in [5, 5.41) is 0. The van der Waals surface area contributed by atoms with E-state index >= 15 is 0 Å². The van der Waals surface area contributed by atoms with Crippen LogP contribution >= 0.6 is 0 Å². The van der Waals surface area contributed by atoms with E-state index in [1.54, 1.807) is 7.11 Å². The van der Waals surface area contributed by atoms with Crippen LogP contribution in [0.2, 0.25) is 0 Å². The number of methoxy groups -OCH3 is 1. The van der Waals surface area contributed by atoms with Crippen molar-refractivity contribution in [3.05, 3.63) is 84.4 Å². The Balaban J connectivity index is 1.36. The van der Waals surface area contributed by atoms with Gasteiger partial charge in [0.15, 0.2) is 0 Å². The predicted molar refractivity (Wildman–Crippen MR) is 156 cm³/mol. The highest BCUT2D eigenvalue weighted by Gasteiger charge is 2.39. The average Bonchev–Trinajstić information content (AvgIpc) is 2.99. The zero-order valence-corrected chi connectivity index (χ0v) is 23.2. The Labute approximate surface area is 228 Å². The second-order valence-electron chi connectivity index (χ2n) is 10.1. The molecule has 3 aromatic carbocycles. The van der Waals surface area contributed by atoms with E-state index in [1.807, 2.05) is 37.3 Å². The van der Waals surface area contributed by atoms with E-state index in [9.17, 15) is 4.79 Å². The van der Waals surface area contributed by atoms with Gasteiger partial charge < -0.3 is 14.4 Å². The highest BCUT2D eigenvalue weighted by Crippen LogP contribution is 2.35. The number of carbonyl (C=O) groups excluding carboxylic acids is 1. The summed E-state index contributed by atoms with van der Waals surface area (Å²) in [6.45, 7) is 9.64. The number of ether oxygens (including phenoxy) is 2. The van der Waals surface area contributed by atoms with Gasteiger partial charge in [0.05, 0.1) is 19.1 Å². The number of esters is 1. The molecule has 1 aliphatic rings. The van der Waals surface area contributed by atoms with Crippen molar-refractivity contribution in [1.82, 2.24) is 4.90 Å². The molecule has 1 fully saturated rings. The van der Waals surface area contributed by atoms with Crippen molar-refractivity contribution in [2.24, 2.45) is 0 Å². The van der Waals surface area contributed by atoms with E-state index in [-0.39, 0.29) is 5.97 Å². The highest BCUT2D eigenvalue weighted by molar-refractivity contribution is 5.83. The second-order valence-corrected chi connectivity index (χ2v) is 10.1. The Kier molecular flexibility index (Phi) is 9.83. The maximum Gasteiger partial charge on any atom is 0.316 e. The molecular weight excluding hydrogens is 472 g/mol. The molecule has 1 atom stereocenters. The lowest BCUT2D eigenvalue weighted by Crippen LogP contribution is -2.47. The van der Waals surface area contributed by atoms with Crippen LogP contribution < -0.4 is 9.64 Å². The Morgan fingerprint density at radius 1 is 0.895 bits per heavy atom. The molecule has 202 valence electrons. The number of benzene rings is 3. The van der Waals surface area contributed by atoms with Gasteiger partial charge in [-0.2, -0.15) is 0 Å². The summed E-state index contributed by atoms with van der Waals surface area (Å²) >= 11 is 0. The normalized spacial score (nSPS) is 15.6. The summed E-state index contributed by atoms with van der Waals surface area (Å²) in [6, 6.07) is 27.1. The molecule has 1 unspecified atom stereocenters. The Hall–Kier alpha value is -3.31. The van der Waals surface area contributed by atoms with Crippen molar-refractivity contribution < 1.29 is 14.3 Å². The number of carbonyl (C=O) groups is 1. The number of hydrogen-bond donors (Lipinski definition) is 0. The van der Waals surface area contributed by atoms with Crippen LogP contribution in [0.3, 0.4) is 0 Å². The molecule has 0 radical (unpaired) electrons. The maximum absolute atomic E-state index is 13.3. The number of anilines is 1. The smallest absolute Gasteiger partial charge is 0.316 e. The third kappa shape index (κ3) is 6.39. The SMILES string of the molecule is CCCOC(=O)C(CC)(CCCN1CCN(c2cccc(-c3ccccc3OC)c2)CC1)c1ccccc1. The zero-order chi connectivity index (χ0) is 26.8. The van der Waals surface area contributed by atoms with Crippen molar-refractivity contribution in [2.75, 3.05) is 51.3 Å². The summed E-state index contributed by atoms with van der Waals surface area (Å²) in [5.41, 5.74) is 4.04. The zero-order valence-electron chi connectivity index (χ0n) is 23.2. The van der Waals surface area contributed by atoms with E-state index in [2.05, 4.69) is 65.3 Å². The quantitative estimate of drug-likeness (QED) is 0.256. The molecule has 4 rings (SSSR count). The average molecular weight is 515 g/mol. The van der Waals surface area contributed by atoms with Gasteiger partial charge in [0.2, 0.25) is 0 Å². The first-order valence-corrected chi connectivity index (χ1v) is 14.0. The molecule has 3 aromatic rings. The minimum absolute atomic E-state index is 0.0761. The molecular formula is C33H42N2O3. The van der Waals surface area contributed by atoms with Gasteiger partial charge in [-0.05, 0) is 61.6 Å². The van der Waals surface area contributed by atoms with Crippen molar-refractivity contribution in [3.8, 4) is 16.9 Å². The third-order valence-corrected chi connectivity index (χ3v) is 7.84. The lowest BCUT2D eigenvalue weighted by Gasteiger charge is -2.37. The van der Waals surface area contributed by atoms with E-state index in [4.69, 9.17) is 9.47 Å². The summed E-state index contributed by atoms with van der Waals surface area (Å²) < 4.78 is 11.3. The third-order valence-electron chi connectivity index (χ3n) is 7.84. The van der Waals surface area contributed by atoms with Gasteiger partial charge in [-0.1, -0.05) is 74.5 Å². The molecule has 1 heterocycles. The summed E-state index contributed by atoms with van der Waals surface area (Å²) in [7, 11) is 1.72. The number of piperazine rings is 1. The standard InChI is InChI=1S/C33H42N2O3/c1-4-25-38-32(36)33(5-2,28-14-7-6-8-15-28)19-12-20-34-21-23-35(24-22-34)29-16-11-13-27(26-29)30-17-9-10-18-31(30)37-3/h6-11,13-18,26H,4-5,12,19-25H2,1-3H3. The Morgan fingerprint density at radius 2 is 1.63 bits per heavy atom. The van der Waals surface area contributed by atoms with Crippen LogP contribution in [-0.2, 0) is 14.9 Å². The second kappa shape index (κ2) is 13.5. The van der Waals surface area contributed by atoms with Crippen LogP contribution in [-0.4, -0.2) is 57.3 Å². The van der Waals surface area contributed by atoms with Crippen molar-refractivity contribution in [2.45, 2.75) is 44.9 Å². The number of hydrogen-bond acceptors (Lipinski definition) is 5. The van der Waals surface area contributed by atoms with Crippen LogP contribution in [0.25, 0.3) is 11.1 Å². The van der Waals surface area contributed by atoms with E-state index in [0.717, 1.165) is 75.3 Å². The lowest BCUT2D eigenvalue weighted by atomic mass is 9.74. The fraction of sp³-hybridized carbons (Fsp3) is 0.424. The molecule has 1 aliphatic heterocycles. The first-order valence-electron chi connectivity index (χ1n) is 14.0. The summed E-state index contributed by atoms with van der Waals surface area (Å²) in [6.07, 6.45) is 3.35. The lowest BCUT2D eigenvalue weighted by molar-refractivity contribution is -0.151. The van der Waals surface area contributed by atoms with Crippen LogP contribution in [0, 0.1) is 0 Å². The van der Waals surface area contributed by atoms with Crippen LogP contribution in [0.15, 0.2) is 78.9 Å². The topological polar surface area (TPSA) is 42.0 Å². The number of para-hydroxylation sites is 1. The molecule has 0 saturated carbocycles. The highest BCUT2D eigenvalue weighted by atomic mass is 16.5. The van der Waals surface area contributed by atoms with E-state index in [1.165, 1.54) is 11.3 Å². The van der Waals surface area contributed by atoms with Gasteiger partial charge in [-0.3, -0.25) is 9.69 Å². The van der Waals surface area contributed by atoms with E-state index in [0.29, 0.717) is 6.61 Å². The van der Waals surface area contributed by atoms with Gasteiger partial charge in [0.1, 0.15) is 5.75 Å². The molecule has 0 aromatic heterocycles. The molecule has 0 spiro atoms. The summed E-state index contributed by atoms with van der Waals surface area (Å²) in [5.74, 6) is 0.819. The van der Waals surface area contributed by atoms with Crippen LogP contribution in [0.5, 0.6) is 5.75 Å². The monoisotopic (exact) mass is 514 g/mol. The molecule has 1 saturated heterocycles. The fourth-order valence-corrected chi connectivity index (χ4v) is 5.57. The first kappa shape index (κ1) is 27.7. The van der Waals surface area contributed by atoms with Gasteiger partial charge in [-0.15, -0.1) is 0 Å². The minimum atomic E-state index is -0.572. The Morgan fingerprint density at radius 3 is 2.34 bits per heavy atom. The maximum atomic E-state index is 13.3. The number of nitrogens with zero attached hydrogens (tertiary/aromatic N) is 2. The minimum Gasteiger partial charge on any atom is -0.496 e. The van der Waals surface area contributed by atoms with E-state index < -0.39 is 5.41 Å².